The van der Waals surface area contributed by atoms with Gasteiger partial charge in [0.1, 0.15) is 12.1 Å². The van der Waals surface area contributed by atoms with Crippen LogP contribution in [0.1, 0.15) is 64.0 Å². The third-order valence-corrected chi connectivity index (χ3v) is 7.81. The van der Waals surface area contributed by atoms with Crippen molar-refractivity contribution in [3.05, 3.63) is 54.1 Å². The molecule has 8 heteroatoms. The molecule has 1 aromatic heterocycles. The van der Waals surface area contributed by atoms with Crippen molar-refractivity contribution in [2.75, 3.05) is 6.54 Å². The first-order valence-electron chi connectivity index (χ1n) is 12.2. The van der Waals surface area contributed by atoms with E-state index < -0.39 is 11.6 Å². The second-order valence-corrected chi connectivity index (χ2v) is 10.4. The van der Waals surface area contributed by atoms with Crippen molar-refractivity contribution in [2.24, 2.45) is 11.3 Å². The van der Waals surface area contributed by atoms with E-state index >= 15 is 0 Å². The van der Waals surface area contributed by atoms with Gasteiger partial charge in [-0.3, -0.25) is 14.5 Å². The molecule has 8 nitrogen and oxygen atoms in total. The first-order chi connectivity index (χ1) is 16.2. The molecule has 1 aliphatic carbocycles. The highest BCUT2D eigenvalue weighted by atomic mass is 16.2. The van der Waals surface area contributed by atoms with E-state index in [4.69, 9.17) is 0 Å². The van der Waals surface area contributed by atoms with E-state index in [-0.39, 0.29) is 23.8 Å². The van der Waals surface area contributed by atoms with Gasteiger partial charge in [-0.05, 0) is 48.1 Å². The Morgan fingerprint density at radius 3 is 2.65 bits per heavy atom. The normalized spacial score (nSPS) is 22.8. The molecular weight excluding hydrogens is 430 g/mol. The number of urea groups is 1. The highest BCUT2D eigenvalue weighted by molar-refractivity contribution is 6.09. The van der Waals surface area contributed by atoms with Gasteiger partial charge in [-0.15, -0.1) is 0 Å². The number of benzene rings is 1. The van der Waals surface area contributed by atoms with Gasteiger partial charge in [0.05, 0.1) is 6.33 Å². The molecule has 1 saturated heterocycles. The molecule has 4 rings (SSSR count). The summed E-state index contributed by atoms with van der Waals surface area (Å²) in [6.07, 6.45) is 9.56. The van der Waals surface area contributed by atoms with Crippen molar-refractivity contribution in [3.8, 4) is 0 Å². The Hall–Kier alpha value is -3.16. The second-order valence-electron chi connectivity index (χ2n) is 10.4. The summed E-state index contributed by atoms with van der Waals surface area (Å²) in [6, 6.07) is 7.48. The molecule has 0 atom stereocenters. The molecule has 182 valence electrons. The second kappa shape index (κ2) is 9.60. The van der Waals surface area contributed by atoms with E-state index in [9.17, 15) is 14.4 Å². The van der Waals surface area contributed by atoms with Crippen LogP contribution in [0.3, 0.4) is 0 Å². The van der Waals surface area contributed by atoms with Gasteiger partial charge >= 0.3 is 6.03 Å². The smallest absolute Gasteiger partial charge is 0.325 e. The van der Waals surface area contributed by atoms with Gasteiger partial charge in [-0.1, -0.05) is 51.5 Å². The summed E-state index contributed by atoms with van der Waals surface area (Å²) in [7, 11) is 0. The maximum Gasteiger partial charge on any atom is 0.325 e. The Kier molecular flexibility index (Phi) is 6.77. The number of hydrogen-bond donors (Lipinski definition) is 2. The molecule has 1 saturated carbocycles. The van der Waals surface area contributed by atoms with E-state index in [1.165, 1.54) is 0 Å². The van der Waals surface area contributed by atoms with Crippen molar-refractivity contribution in [1.29, 1.82) is 0 Å². The fourth-order valence-electron chi connectivity index (χ4n) is 5.17. The Balaban J connectivity index is 1.31. The SMILES string of the molecule is CCC(C)(C)C1CCC2(CC1)NC(=O)N(CC(=O)NCc1cccc(Cn3ccnc3)c1)C2=O. The zero-order valence-electron chi connectivity index (χ0n) is 20.3. The van der Waals surface area contributed by atoms with Crippen LogP contribution in [0.5, 0.6) is 0 Å². The topological polar surface area (TPSA) is 96.3 Å². The zero-order valence-corrected chi connectivity index (χ0v) is 20.3. The van der Waals surface area contributed by atoms with E-state index in [2.05, 4.69) is 36.4 Å². The van der Waals surface area contributed by atoms with Crippen LogP contribution in [0.15, 0.2) is 43.0 Å². The van der Waals surface area contributed by atoms with E-state index in [0.717, 1.165) is 35.3 Å². The molecular formula is C26H35N5O3. The highest BCUT2D eigenvalue weighted by Gasteiger charge is 2.53. The predicted octanol–water partition coefficient (Wildman–Crippen LogP) is 3.46. The standard InChI is InChI=1S/C26H35N5O3/c1-4-25(2,3)21-8-10-26(11-9-21)23(33)31(24(34)29-26)17-22(32)28-15-19-6-5-7-20(14-19)16-30-13-12-27-18-30/h5-7,12-14,18,21H,4,8-11,15-17H2,1-3H3,(H,28,32)(H,29,34). The number of carbonyl (C=O) groups excluding carboxylic acids is 3. The van der Waals surface area contributed by atoms with Gasteiger partial charge in [0.15, 0.2) is 0 Å². The number of imide groups is 1. The Morgan fingerprint density at radius 2 is 1.97 bits per heavy atom. The molecule has 4 amide bonds. The quantitative estimate of drug-likeness (QED) is 0.584. The summed E-state index contributed by atoms with van der Waals surface area (Å²) in [5, 5.41) is 5.76. The first-order valence-corrected chi connectivity index (χ1v) is 12.2. The largest absolute Gasteiger partial charge is 0.350 e. The van der Waals surface area contributed by atoms with Gasteiger partial charge in [-0.2, -0.15) is 0 Å². The van der Waals surface area contributed by atoms with Crippen molar-refractivity contribution in [2.45, 2.75) is 71.5 Å². The molecule has 2 aliphatic rings. The summed E-state index contributed by atoms with van der Waals surface area (Å²) in [6.45, 7) is 7.51. The Bertz CT molecular complexity index is 1040. The third-order valence-electron chi connectivity index (χ3n) is 7.81. The molecule has 2 N–H and O–H groups in total. The van der Waals surface area contributed by atoms with Crippen molar-refractivity contribution < 1.29 is 14.4 Å². The number of nitrogens with one attached hydrogen (secondary N) is 2. The van der Waals surface area contributed by atoms with Gasteiger partial charge in [0.2, 0.25) is 5.91 Å². The van der Waals surface area contributed by atoms with Crippen LogP contribution >= 0.6 is 0 Å². The van der Waals surface area contributed by atoms with Crippen LogP contribution in [0.4, 0.5) is 4.79 Å². The predicted molar refractivity (Wildman–Crippen MR) is 129 cm³/mol. The number of amides is 4. The van der Waals surface area contributed by atoms with Crippen LogP contribution in [-0.2, 0) is 22.7 Å². The molecule has 2 aromatic rings. The minimum absolute atomic E-state index is 0.225. The lowest BCUT2D eigenvalue weighted by Crippen LogP contribution is -2.51. The van der Waals surface area contributed by atoms with Gasteiger partial charge in [-0.25, -0.2) is 9.78 Å². The molecule has 1 aliphatic heterocycles. The van der Waals surface area contributed by atoms with E-state index in [1.54, 1.807) is 12.5 Å². The van der Waals surface area contributed by atoms with E-state index in [0.29, 0.717) is 31.8 Å². The molecule has 2 fully saturated rings. The third kappa shape index (κ3) is 5.00. The maximum atomic E-state index is 13.2. The summed E-state index contributed by atoms with van der Waals surface area (Å²) in [4.78, 5) is 43.5. The number of aromatic nitrogens is 2. The number of rotatable bonds is 8. The highest BCUT2D eigenvalue weighted by Crippen LogP contribution is 2.45. The number of nitrogens with zero attached hydrogens (tertiary/aromatic N) is 3. The Morgan fingerprint density at radius 1 is 1.24 bits per heavy atom. The molecule has 1 spiro atoms. The summed E-state index contributed by atoms with van der Waals surface area (Å²) >= 11 is 0. The number of hydrogen-bond acceptors (Lipinski definition) is 4. The van der Waals surface area contributed by atoms with Crippen LogP contribution in [0, 0.1) is 11.3 Å². The lowest BCUT2D eigenvalue weighted by atomic mass is 9.65. The number of carbonyl (C=O) groups is 3. The number of imidazole rings is 1. The lowest BCUT2D eigenvalue weighted by molar-refractivity contribution is -0.136. The average molecular weight is 466 g/mol. The molecule has 0 bridgehead atoms. The lowest BCUT2D eigenvalue weighted by Gasteiger charge is -2.42. The maximum absolute atomic E-state index is 13.2. The van der Waals surface area contributed by atoms with Crippen molar-refractivity contribution in [1.82, 2.24) is 25.1 Å². The minimum atomic E-state index is -0.848. The molecule has 1 aromatic carbocycles. The van der Waals surface area contributed by atoms with Gasteiger partial charge in [0, 0.05) is 25.5 Å². The van der Waals surface area contributed by atoms with Gasteiger partial charge in [0.25, 0.3) is 5.91 Å². The molecule has 0 unspecified atom stereocenters. The van der Waals surface area contributed by atoms with Crippen molar-refractivity contribution >= 4 is 17.8 Å². The summed E-state index contributed by atoms with van der Waals surface area (Å²) in [5.41, 5.74) is 1.43. The summed E-state index contributed by atoms with van der Waals surface area (Å²) in [5.74, 6) is -0.0705. The fraction of sp³-hybridized carbons (Fsp3) is 0.538. The summed E-state index contributed by atoms with van der Waals surface area (Å²) < 4.78 is 1.97. The molecule has 2 heterocycles. The van der Waals surface area contributed by atoms with Crippen LogP contribution in [0.2, 0.25) is 0 Å². The monoisotopic (exact) mass is 465 g/mol. The zero-order chi connectivity index (χ0) is 24.3. The van der Waals surface area contributed by atoms with Crippen LogP contribution < -0.4 is 10.6 Å². The van der Waals surface area contributed by atoms with Crippen LogP contribution in [0.25, 0.3) is 0 Å². The van der Waals surface area contributed by atoms with E-state index in [1.807, 2.05) is 35.0 Å². The molecule has 34 heavy (non-hydrogen) atoms. The fourth-order valence-corrected chi connectivity index (χ4v) is 5.17. The molecule has 0 radical (unpaired) electrons. The van der Waals surface area contributed by atoms with Crippen LogP contribution in [-0.4, -0.2) is 44.4 Å². The average Bonchev–Trinajstić information content (AvgIpc) is 3.41. The minimum Gasteiger partial charge on any atom is -0.350 e. The first kappa shape index (κ1) is 24.0. The van der Waals surface area contributed by atoms with Crippen molar-refractivity contribution in [3.63, 3.8) is 0 Å². The van der Waals surface area contributed by atoms with Gasteiger partial charge < -0.3 is 15.2 Å². The Labute approximate surface area is 201 Å².